The first-order valence-electron chi connectivity index (χ1n) is 6.82. The Morgan fingerprint density at radius 1 is 1.35 bits per heavy atom. The maximum absolute atomic E-state index is 5.00. The first-order valence-corrected chi connectivity index (χ1v) is 6.82. The molecule has 0 aromatic rings. The molecule has 102 valence electrons. The number of ether oxygens (including phenoxy) is 1. The van der Waals surface area contributed by atoms with Gasteiger partial charge in [-0.1, -0.05) is 0 Å². The second-order valence-electron chi connectivity index (χ2n) is 5.19. The minimum Gasteiger partial charge on any atom is -0.383 e. The Balaban J connectivity index is 2.05. The molecule has 1 aliphatic rings. The van der Waals surface area contributed by atoms with Crippen LogP contribution in [0, 0.1) is 0 Å². The molecule has 17 heavy (non-hydrogen) atoms. The Morgan fingerprint density at radius 2 is 2.18 bits per heavy atom. The summed E-state index contributed by atoms with van der Waals surface area (Å²) in [7, 11) is 6.09. The third-order valence-corrected chi connectivity index (χ3v) is 3.36. The summed E-state index contributed by atoms with van der Waals surface area (Å²) < 4.78 is 5.00. The van der Waals surface area contributed by atoms with E-state index >= 15 is 0 Å². The van der Waals surface area contributed by atoms with E-state index in [1.54, 1.807) is 7.11 Å². The molecule has 1 aliphatic heterocycles. The van der Waals surface area contributed by atoms with Crippen LogP contribution in [0.2, 0.25) is 0 Å². The van der Waals surface area contributed by atoms with Crippen LogP contribution < -0.4 is 5.32 Å². The lowest BCUT2D eigenvalue weighted by atomic mass is 10.2. The van der Waals surface area contributed by atoms with Gasteiger partial charge in [-0.05, 0) is 53.0 Å². The molecule has 0 radical (unpaired) electrons. The number of likely N-dealkylation sites (tertiary alicyclic amines) is 1. The Labute approximate surface area is 106 Å². The summed E-state index contributed by atoms with van der Waals surface area (Å²) in [6, 6.07) is 0.781. The van der Waals surface area contributed by atoms with E-state index in [1.807, 2.05) is 0 Å². The molecule has 0 aromatic carbocycles. The van der Waals surface area contributed by atoms with Crippen molar-refractivity contribution in [3.8, 4) is 0 Å². The smallest absolute Gasteiger partial charge is 0.0587 e. The van der Waals surface area contributed by atoms with Gasteiger partial charge in [-0.15, -0.1) is 0 Å². The Kier molecular flexibility index (Phi) is 7.77. The number of likely N-dealkylation sites (N-methyl/N-ethyl adjacent to an activating group) is 1. The minimum atomic E-state index is 0.781. The highest BCUT2D eigenvalue weighted by Crippen LogP contribution is 2.17. The third-order valence-electron chi connectivity index (χ3n) is 3.36. The molecule has 1 unspecified atom stereocenters. The van der Waals surface area contributed by atoms with E-state index in [-0.39, 0.29) is 0 Å². The van der Waals surface area contributed by atoms with E-state index < -0.39 is 0 Å². The Bertz CT molecular complexity index is 188. The van der Waals surface area contributed by atoms with E-state index in [1.165, 1.54) is 38.9 Å². The lowest BCUT2D eigenvalue weighted by Crippen LogP contribution is -2.38. The average molecular weight is 243 g/mol. The van der Waals surface area contributed by atoms with Gasteiger partial charge < -0.3 is 15.0 Å². The molecule has 0 spiro atoms. The Morgan fingerprint density at radius 3 is 2.88 bits per heavy atom. The topological polar surface area (TPSA) is 27.7 Å². The molecule has 0 saturated carbocycles. The molecule has 4 heteroatoms. The van der Waals surface area contributed by atoms with Crippen molar-refractivity contribution >= 4 is 0 Å². The Hall–Kier alpha value is -0.160. The summed E-state index contributed by atoms with van der Waals surface area (Å²) in [5.41, 5.74) is 0. The van der Waals surface area contributed by atoms with Crippen molar-refractivity contribution in [1.29, 1.82) is 0 Å². The number of methoxy groups -OCH3 is 1. The fourth-order valence-electron chi connectivity index (χ4n) is 2.52. The fraction of sp³-hybridized carbons (Fsp3) is 1.00. The molecular weight excluding hydrogens is 214 g/mol. The molecule has 0 aliphatic carbocycles. The molecular formula is C13H29N3O. The third kappa shape index (κ3) is 6.36. The lowest BCUT2D eigenvalue weighted by molar-refractivity contribution is 0.193. The minimum absolute atomic E-state index is 0.781. The summed E-state index contributed by atoms with van der Waals surface area (Å²) in [5.74, 6) is 0. The van der Waals surface area contributed by atoms with Crippen LogP contribution in [0.4, 0.5) is 0 Å². The van der Waals surface area contributed by atoms with Crippen molar-refractivity contribution in [2.24, 2.45) is 0 Å². The van der Waals surface area contributed by atoms with Crippen LogP contribution in [0.15, 0.2) is 0 Å². The second kappa shape index (κ2) is 8.86. The van der Waals surface area contributed by atoms with Gasteiger partial charge in [0.1, 0.15) is 0 Å². The molecule has 1 saturated heterocycles. The fourth-order valence-corrected chi connectivity index (χ4v) is 2.52. The summed E-state index contributed by atoms with van der Waals surface area (Å²) >= 11 is 0. The molecule has 0 bridgehead atoms. The monoisotopic (exact) mass is 243 g/mol. The predicted molar refractivity (Wildman–Crippen MR) is 72.5 cm³/mol. The number of hydrogen-bond donors (Lipinski definition) is 1. The maximum Gasteiger partial charge on any atom is 0.0587 e. The van der Waals surface area contributed by atoms with E-state index in [2.05, 4.69) is 29.2 Å². The largest absolute Gasteiger partial charge is 0.383 e. The summed E-state index contributed by atoms with van der Waals surface area (Å²) in [6.07, 6.45) is 3.98. The number of nitrogens with zero attached hydrogens (tertiary/aromatic N) is 2. The van der Waals surface area contributed by atoms with Crippen molar-refractivity contribution < 1.29 is 4.74 Å². The summed E-state index contributed by atoms with van der Waals surface area (Å²) in [4.78, 5) is 4.96. The predicted octanol–water partition coefficient (Wildman–Crippen LogP) is 0.639. The lowest BCUT2D eigenvalue weighted by Gasteiger charge is -2.26. The van der Waals surface area contributed by atoms with Crippen LogP contribution in [-0.4, -0.2) is 76.4 Å². The average Bonchev–Trinajstić information content (AvgIpc) is 2.70. The molecule has 1 rings (SSSR count). The van der Waals surface area contributed by atoms with Crippen LogP contribution in [0.3, 0.4) is 0 Å². The van der Waals surface area contributed by atoms with Gasteiger partial charge in [0.15, 0.2) is 0 Å². The van der Waals surface area contributed by atoms with Crippen LogP contribution >= 0.6 is 0 Å². The molecule has 4 nitrogen and oxygen atoms in total. The van der Waals surface area contributed by atoms with Gasteiger partial charge in [-0.25, -0.2) is 0 Å². The number of nitrogens with one attached hydrogen (secondary N) is 1. The van der Waals surface area contributed by atoms with E-state index in [9.17, 15) is 0 Å². The highest BCUT2D eigenvalue weighted by molar-refractivity contribution is 4.80. The van der Waals surface area contributed by atoms with Crippen LogP contribution in [0.5, 0.6) is 0 Å². The van der Waals surface area contributed by atoms with Crippen LogP contribution in [0.1, 0.15) is 19.3 Å². The molecule has 0 aromatic heterocycles. The number of hydrogen-bond acceptors (Lipinski definition) is 4. The highest BCUT2D eigenvalue weighted by Gasteiger charge is 2.23. The van der Waals surface area contributed by atoms with E-state index in [0.29, 0.717) is 0 Å². The quantitative estimate of drug-likeness (QED) is 0.602. The summed E-state index contributed by atoms with van der Waals surface area (Å²) in [5, 5.41) is 3.40. The van der Waals surface area contributed by atoms with Gasteiger partial charge in [0.05, 0.1) is 6.61 Å². The van der Waals surface area contributed by atoms with Gasteiger partial charge >= 0.3 is 0 Å². The van der Waals surface area contributed by atoms with Gasteiger partial charge in [-0.3, -0.25) is 4.90 Å². The normalized spacial score (nSPS) is 21.5. The van der Waals surface area contributed by atoms with Crippen molar-refractivity contribution in [2.75, 3.05) is 60.5 Å². The summed E-state index contributed by atoms with van der Waals surface area (Å²) in [6.45, 7) is 6.62. The van der Waals surface area contributed by atoms with Gasteiger partial charge in [0.25, 0.3) is 0 Å². The van der Waals surface area contributed by atoms with Gasteiger partial charge in [-0.2, -0.15) is 0 Å². The van der Waals surface area contributed by atoms with Gasteiger partial charge in [0.2, 0.25) is 0 Å². The number of rotatable bonds is 9. The van der Waals surface area contributed by atoms with Crippen molar-refractivity contribution in [3.63, 3.8) is 0 Å². The zero-order chi connectivity index (χ0) is 12.5. The zero-order valence-electron chi connectivity index (χ0n) is 11.7. The maximum atomic E-state index is 5.00. The van der Waals surface area contributed by atoms with Crippen molar-refractivity contribution in [3.05, 3.63) is 0 Å². The van der Waals surface area contributed by atoms with Crippen molar-refractivity contribution in [1.82, 2.24) is 15.1 Å². The van der Waals surface area contributed by atoms with Crippen LogP contribution in [0.25, 0.3) is 0 Å². The SMILES string of the molecule is COCCNCCCN1CCCC1CN(C)C. The highest BCUT2D eigenvalue weighted by atomic mass is 16.5. The zero-order valence-corrected chi connectivity index (χ0v) is 11.7. The molecule has 1 atom stereocenters. The van der Waals surface area contributed by atoms with E-state index in [4.69, 9.17) is 4.74 Å². The molecule has 0 amide bonds. The van der Waals surface area contributed by atoms with E-state index in [0.717, 1.165) is 25.7 Å². The first kappa shape index (κ1) is 14.9. The first-order chi connectivity index (χ1) is 8.24. The molecule has 1 fully saturated rings. The second-order valence-corrected chi connectivity index (χ2v) is 5.19. The standard InChI is InChI=1S/C13H29N3O/c1-15(2)12-13-6-4-9-16(13)10-5-7-14-8-11-17-3/h13-14H,4-12H2,1-3H3. The van der Waals surface area contributed by atoms with Crippen LogP contribution in [-0.2, 0) is 4.74 Å². The van der Waals surface area contributed by atoms with Crippen molar-refractivity contribution in [2.45, 2.75) is 25.3 Å². The van der Waals surface area contributed by atoms with Gasteiger partial charge in [0, 0.05) is 26.2 Å². The molecule has 1 heterocycles. The molecule has 1 N–H and O–H groups in total.